The van der Waals surface area contributed by atoms with Gasteiger partial charge in [-0.2, -0.15) is 0 Å². The van der Waals surface area contributed by atoms with Crippen molar-refractivity contribution in [2.24, 2.45) is 0 Å². The van der Waals surface area contributed by atoms with Crippen LogP contribution in [0.1, 0.15) is 5.56 Å². The smallest absolute Gasteiger partial charge is 0.126 e. The molecule has 0 unspecified atom stereocenters. The lowest BCUT2D eigenvalue weighted by atomic mass is 10.00. The highest BCUT2D eigenvalue weighted by atomic mass is 19.1. The van der Waals surface area contributed by atoms with Gasteiger partial charge < -0.3 is 5.73 Å². The Morgan fingerprint density at radius 2 is 1.56 bits per heavy atom. The summed E-state index contributed by atoms with van der Waals surface area (Å²) in [6.07, 6.45) is 0. The topological polar surface area (TPSA) is 26.0 Å². The molecule has 0 aliphatic rings. The fourth-order valence-corrected chi connectivity index (χ4v) is 1.66. The third kappa shape index (κ3) is 2.03. The normalized spacial score (nSPS) is 10.4. The molecule has 0 spiro atoms. The largest absolute Gasteiger partial charge is 0.399 e. The Hall–Kier alpha value is -1.90. The monoisotopic (exact) mass is 219 g/mol. The van der Waals surface area contributed by atoms with E-state index in [1.54, 1.807) is 12.1 Å². The van der Waals surface area contributed by atoms with Crippen LogP contribution < -0.4 is 5.73 Å². The van der Waals surface area contributed by atoms with Gasteiger partial charge in [-0.3, -0.25) is 0 Å². The summed E-state index contributed by atoms with van der Waals surface area (Å²) in [7, 11) is 0. The summed E-state index contributed by atoms with van der Waals surface area (Å²) < 4.78 is 26.1. The van der Waals surface area contributed by atoms with Gasteiger partial charge in [-0.05, 0) is 47.9 Å². The molecule has 0 amide bonds. The number of nitrogens with two attached hydrogens (primary N) is 1. The van der Waals surface area contributed by atoms with Gasteiger partial charge in [-0.25, -0.2) is 8.78 Å². The van der Waals surface area contributed by atoms with Crippen LogP contribution in [0.15, 0.2) is 36.4 Å². The van der Waals surface area contributed by atoms with E-state index < -0.39 is 11.6 Å². The van der Waals surface area contributed by atoms with Gasteiger partial charge in [0, 0.05) is 11.8 Å². The molecule has 2 aromatic carbocycles. The molecule has 0 saturated carbocycles. The van der Waals surface area contributed by atoms with E-state index in [9.17, 15) is 8.78 Å². The van der Waals surface area contributed by atoms with Crippen molar-refractivity contribution in [1.82, 2.24) is 0 Å². The van der Waals surface area contributed by atoms with E-state index >= 15 is 0 Å². The number of rotatable bonds is 1. The van der Waals surface area contributed by atoms with E-state index in [4.69, 9.17) is 5.73 Å². The Kier molecular flexibility index (Phi) is 2.60. The number of halogens is 2. The molecule has 0 heterocycles. The first-order chi connectivity index (χ1) is 7.56. The molecule has 0 bridgehead atoms. The van der Waals surface area contributed by atoms with Crippen molar-refractivity contribution in [1.29, 1.82) is 0 Å². The third-order valence-corrected chi connectivity index (χ3v) is 2.44. The first-order valence-corrected chi connectivity index (χ1v) is 4.89. The van der Waals surface area contributed by atoms with E-state index in [-0.39, 0.29) is 0 Å². The maximum Gasteiger partial charge on any atom is 0.126 e. The number of benzene rings is 2. The lowest BCUT2D eigenvalue weighted by Crippen LogP contribution is -1.90. The Morgan fingerprint density at radius 1 is 0.938 bits per heavy atom. The molecule has 0 aliphatic heterocycles. The molecule has 0 saturated heterocycles. The number of hydrogen-bond donors (Lipinski definition) is 1. The van der Waals surface area contributed by atoms with E-state index in [0.29, 0.717) is 11.3 Å². The quantitative estimate of drug-likeness (QED) is 0.729. The SMILES string of the molecule is Cc1ccc(N)cc1-c1cc(F)cc(F)c1. The van der Waals surface area contributed by atoms with Gasteiger partial charge in [0.25, 0.3) is 0 Å². The second kappa shape index (κ2) is 3.93. The van der Waals surface area contributed by atoms with Crippen molar-refractivity contribution in [3.8, 4) is 11.1 Å². The fourth-order valence-electron chi connectivity index (χ4n) is 1.66. The van der Waals surface area contributed by atoms with Crippen molar-refractivity contribution in [2.45, 2.75) is 6.92 Å². The van der Waals surface area contributed by atoms with Crippen molar-refractivity contribution < 1.29 is 8.78 Å². The highest BCUT2D eigenvalue weighted by Crippen LogP contribution is 2.26. The average molecular weight is 219 g/mol. The van der Waals surface area contributed by atoms with Gasteiger partial charge in [0.15, 0.2) is 0 Å². The summed E-state index contributed by atoms with van der Waals surface area (Å²) in [6, 6.07) is 8.74. The van der Waals surface area contributed by atoms with E-state index in [2.05, 4.69) is 0 Å². The van der Waals surface area contributed by atoms with Crippen LogP contribution in [-0.2, 0) is 0 Å². The van der Waals surface area contributed by atoms with Gasteiger partial charge in [0.05, 0.1) is 0 Å². The molecule has 0 radical (unpaired) electrons. The highest BCUT2D eigenvalue weighted by Gasteiger charge is 2.06. The van der Waals surface area contributed by atoms with Gasteiger partial charge >= 0.3 is 0 Å². The molecule has 82 valence electrons. The number of nitrogen functional groups attached to an aromatic ring is 1. The second-order valence-corrected chi connectivity index (χ2v) is 3.73. The minimum Gasteiger partial charge on any atom is -0.399 e. The second-order valence-electron chi connectivity index (χ2n) is 3.73. The summed E-state index contributed by atoms with van der Waals surface area (Å²) in [6.45, 7) is 1.87. The zero-order valence-corrected chi connectivity index (χ0v) is 8.80. The Labute approximate surface area is 92.5 Å². The molecule has 16 heavy (non-hydrogen) atoms. The summed E-state index contributed by atoms with van der Waals surface area (Å²) in [5, 5.41) is 0. The number of aryl methyl sites for hydroxylation is 1. The van der Waals surface area contributed by atoms with Crippen LogP contribution in [0.3, 0.4) is 0 Å². The number of hydrogen-bond acceptors (Lipinski definition) is 1. The van der Waals surface area contributed by atoms with E-state index in [1.165, 1.54) is 12.1 Å². The maximum absolute atomic E-state index is 13.1. The van der Waals surface area contributed by atoms with Crippen molar-refractivity contribution in [3.05, 3.63) is 53.6 Å². The van der Waals surface area contributed by atoms with Crippen molar-refractivity contribution >= 4 is 5.69 Å². The number of anilines is 1. The molecule has 0 aromatic heterocycles. The van der Waals surface area contributed by atoms with Crippen LogP contribution in [-0.4, -0.2) is 0 Å². The summed E-state index contributed by atoms with van der Waals surface area (Å²) >= 11 is 0. The predicted molar refractivity (Wildman–Crippen MR) is 60.9 cm³/mol. The van der Waals surface area contributed by atoms with Crippen LogP contribution in [0.5, 0.6) is 0 Å². The van der Waals surface area contributed by atoms with Crippen LogP contribution in [0.25, 0.3) is 11.1 Å². The van der Waals surface area contributed by atoms with Crippen LogP contribution in [0.2, 0.25) is 0 Å². The fraction of sp³-hybridized carbons (Fsp3) is 0.0769. The molecule has 2 rings (SSSR count). The van der Waals surface area contributed by atoms with Crippen LogP contribution >= 0.6 is 0 Å². The zero-order valence-electron chi connectivity index (χ0n) is 8.80. The lowest BCUT2D eigenvalue weighted by Gasteiger charge is -2.07. The maximum atomic E-state index is 13.1. The zero-order chi connectivity index (χ0) is 11.7. The molecule has 0 atom stereocenters. The predicted octanol–water partition coefficient (Wildman–Crippen LogP) is 3.52. The van der Waals surface area contributed by atoms with Crippen molar-refractivity contribution in [3.63, 3.8) is 0 Å². The molecule has 1 nitrogen and oxygen atoms in total. The Balaban J connectivity index is 2.62. The Bertz CT molecular complexity index is 515. The van der Waals surface area contributed by atoms with Crippen LogP contribution in [0.4, 0.5) is 14.5 Å². The molecule has 2 aromatic rings. The van der Waals surface area contributed by atoms with E-state index in [1.807, 2.05) is 13.0 Å². The molecule has 3 heteroatoms. The average Bonchev–Trinajstić information content (AvgIpc) is 2.20. The minimum absolute atomic E-state index is 0.502. The van der Waals surface area contributed by atoms with Gasteiger partial charge in [-0.1, -0.05) is 6.07 Å². The van der Waals surface area contributed by atoms with Crippen LogP contribution in [0, 0.1) is 18.6 Å². The Morgan fingerprint density at radius 3 is 2.19 bits per heavy atom. The minimum atomic E-state index is -0.586. The lowest BCUT2D eigenvalue weighted by molar-refractivity contribution is 0.584. The molecular weight excluding hydrogens is 208 g/mol. The third-order valence-electron chi connectivity index (χ3n) is 2.44. The first-order valence-electron chi connectivity index (χ1n) is 4.89. The molecular formula is C13H11F2N. The highest BCUT2D eigenvalue weighted by molar-refractivity contribution is 5.70. The summed E-state index contributed by atoms with van der Waals surface area (Å²) in [4.78, 5) is 0. The molecule has 0 aliphatic carbocycles. The standard InChI is InChI=1S/C13H11F2N/c1-8-2-3-12(16)7-13(8)9-4-10(14)6-11(15)5-9/h2-7H,16H2,1H3. The van der Waals surface area contributed by atoms with Crippen molar-refractivity contribution in [2.75, 3.05) is 5.73 Å². The summed E-state index contributed by atoms with van der Waals surface area (Å²) in [5.41, 5.74) is 8.41. The van der Waals surface area contributed by atoms with Gasteiger partial charge in [0.1, 0.15) is 11.6 Å². The molecule has 2 N–H and O–H groups in total. The molecule has 0 fully saturated rings. The summed E-state index contributed by atoms with van der Waals surface area (Å²) in [5.74, 6) is -1.17. The van der Waals surface area contributed by atoms with Gasteiger partial charge in [0.2, 0.25) is 0 Å². The first kappa shape index (κ1) is 10.6. The van der Waals surface area contributed by atoms with Gasteiger partial charge in [-0.15, -0.1) is 0 Å². The van der Waals surface area contributed by atoms with E-state index in [0.717, 1.165) is 17.2 Å².